The molecule has 0 spiro atoms. The van der Waals surface area contributed by atoms with Gasteiger partial charge in [0.2, 0.25) is 10.0 Å². The van der Waals surface area contributed by atoms with Crippen molar-refractivity contribution in [1.82, 2.24) is 5.32 Å². The maximum Gasteiger partial charge on any atom is 0.325 e. The van der Waals surface area contributed by atoms with Crippen LogP contribution in [-0.2, 0) is 19.6 Å². The van der Waals surface area contributed by atoms with Crippen LogP contribution in [0.25, 0.3) is 11.1 Å². The van der Waals surface area contributed by atoms with Gasteiger partial charge in [0.25, 0.3) is 5.91 Å². The molecule has 3 aromatic carbocycles. The molecule has 0 fully saturated rings. The van der Waals surface area contributed by atoms with Gasteiger partial charge in [-0.25, -0.2) is 13.6 Å². The Kier molecular flexibility index (Phi) is 7.58. The molecule has 0 aromatic heterocycles. The van der Waals surface area contributed by atoms with E-state index in [1.807, 2.05) is 42.5 Å². The second kappa shape index (κ2) is 10.6. The summed E-state index contributed by atoms with van der Waals surface area (Å²) in [5.74, 6) is -0.583. The van der Waals surface area contributed by atoms with Gasteiger partial charge in [-0.05, 0) is 47.5 Å². The Morgan fingerprint density at radius 3 is 2.06 bits per heavy atom. The average Bonchev–Trinajstić information content (AvgIpc) is 2.80. The SMILES string of the molecule is NS(=O)(=O)c1ccc(OCCOC(=O)CNC(=O)c2ccc(-c3ccccc3)cc2)cc1. The summed E-state index contributed by atoms with van der Waals surface area (Å²) in [7, 11) is -3.76. The number of esters is 1. The molecule has 3 N–H and O–H groups in total. The number of ether oxygens (including phenoxy) is 2. The highest BCUT2D eigenvalue weighted by molar-refractivity contribution is 7.89. The van der Waals surface area contributed by atoms with Crippen molar-refractivity contribution < 1.29 is 27.5 Å². The zero-order valence-corrected chi connectivity index (χ0v) is 17.9. The molecule has 0 heterocycles. The molecule has 0 bridgehead atoms. The molecule has 1 amide bonds. The van der Waals surface area contributed by atoms with Gasteiger partial charge in [0.05, 0.1) is 4.90 Å². The quantitative estimate of drug-likeness (QED) is 0.378. The summed E-state index contributed by atoms with van der Waals surface area (Å²) in [5, 5.41) is 7.54. The summed E-state index contributed by atoms with van der Waals surface area (Å²) in [4.78, 5) is 24.0. The van der Waals surface area contributed by atoms with Gasteiger partial charge in [-0.15, -0.1) is 0 Å². The smallest absolute Gasteiger partial charge is 0.325 e. The molecule has 0 saturated heterocycles. The summed E-state index contributed by atoms with van der Waals surface area (Å²) in [6.45, 7) is -0.241. The molecule has 3 aromatic rings. The number of hydrogen-bond acceptors (Lipinski definition) is 6. The first-order valence-corrected chi connectivity index (χ1v) is 11.2. The number of carbonyl (C=O) groups is 2. The first kappa shape index (κ1) is 23.0. The maximum atomic E-state index is 12.2. The van der Waals surface area contributed by atoms with E-state index >= 15 is 0 Å². The van der Waals surface area contributed by atoms with E-state index in [1.54, 1.807) is 12.1 Å². The number of rotatable bonds is 9. The Hall–Kier alpha value is -3.69. The lowest BCUT2D eigenvalue weighted by atomic mass is 10.0. The molecule has 0 atom stereocenters. The van der Waals surface area contributed by atoms with E-state index < -0.39 is 16.0 Å². The lowest BCUT2D eigenvalue weighted by Gasteiger charge is -2.09. The van der Waals surface area contributed by atoms with Gasteiger partial charge in [0.1, 0.15) is 25.5 Å². The minimum absolute atomic E-state index is 0.0262. The van der Waals surface area contributed by atoms with Gasteiger partial charge < -0.3 is 14.8 Å². The van der Waals surface area contributed by atoms with Crippen LogP contribution in [-0.4, -0.2) is 40.1 Å². The molecular weight excluding hydrogens is 432 g/mol. The molecular formula is C23H22N2O6S. The summed E-state index contributed by atoms with van der Waals surface area (Å²) >= 11 is 0. The van der Waals surface area contributed by atoms with E-state index in [1.165, 1.54) is 24.3 Å². The van der Waals surface area contributed by atoms with Crippen molar-refractivity contribution in [2.45, 2.75) is 4.90 Å². The predicted octanol–water partition coefficient (Wildman–Crippen LogP) is 2.35. The van der Waals surface area contributed by atoms with Gasteiger partial charge in [0.15, 0.2) is 0 Å². The number of hydrogen-bond donors (Lipinski definition) is 2. The third-order valence-corrected chi connectivity index (χ3v) is 5.34. The number of benzene rings is 3. The van der Waals surface area contributed by atoms with Gasteiger partial charge in [-0.2, -0.15) is 0 Å². The van der Waals surface area contributed by atoms with Crippen molar-refractivity contribution in [3.63, 3.8) is 0 Å². The highest BCUT2D eigenvalue weighted by Crippen LogP contribution is 2.19. The summed E-state index contributed by atoms with van der Waals surface area (Å²) in [6, 6.07) is 22.4. The topological polar surface area (TPSA) is 125 Å². The van der Waals surface area contributed by atoms with Gasteiger partial charge in [0, 0.05) is 5.56 Å². The molecule has 0 saturated carbocycles. The molecule has 9 heteroatoms. The molecule has 0 radical (unpaired) electrons. The fourth-order valence-corrected chi connectivity index (χ4v) is 3.31. The maximum absolute atomic E-state index is 12.2. The van der Waals surface area contributed by atoms with Crippen LogP contribution in [0.2, 0.25) is 0 Å². The average molecular weight is 455 g/mol. The van der Waals surface area contributed by atoms with Crippen LogP contribution in [0.15, 0.2) is 83.8 Å². The number of sulfonamides is 1. The highest BCUT2D eigenvalue weighted by atomic mass is 32.2. The zero-order valence-electron chi connectivity index (χ0n) is 17.1. The van der Waals surface area contributed by atoms with Crippen molar-refractivity contribution >= 4 is 21.9 Å². The number of nitrogens with one attached hydrogen (secondary N) is 1. The van der Waals surface area contributed by atoms with Crippen LogP contribution in [0.3, 0.4) is 0 Å². The second-order valence-corrected chi connectivity index (χ2v) is 8.27. The number of amides is 1. The van der Waals surface area contributed by atoms with Crippen molar-refractivity contribution in [3.05, 3.63) is 84.4 Å². The molecule has 0 unspecified atom stereocenters. The van der Waals surface area contributed by atoms with Gasteiger partial charge in [-0.3, -0.25) is 9.59 Å². The van der Waals surface area contributed by atoms with Crippen LogP contribution in [0.4, 0.5) is 0 Å². The van der Waals surface area contributed by atoms with E-state index in [-0.39, 0.29) is 30.6 Å². The van der Waals surface area contributed by atoms with Crippen LogP contribution in [0.5, 0.6) is 5.75 Å². The van der Waals surface area contributed by atoms with Crippen molar-refractivity contribution in [3.8, 4) is 16.9 Å². The Morgan fingerprint density at radius 2 is 1.44 bits per heavy atom. The summed E-state index contributed by atoms with van der Waals surface area (Å²) in [5.41, 5.74) is 2.47. The van der Waals surface area contributed by atoms with E-state index in [9.17, 15) is 18.0 Å². The minimum atomic E-state index is -3.76. The second-order valence-electron chi connectivity index (χ2n) is 6.71. The molecule has 3 rings (SSSR count). The molecule has 0 aliphatic rings. The third kappa shape index (κ3) is 6.66. The molecule has 166 valence electrons. The number of carbonyl (C=O) groups excluding carboxylic acids is 2. The lowest BCUT2D eigenvalue weighted by molar-refractivity contribution is -0.143. The van der Waals surface area contributed by atoms with Crippen LogP contribution in [0.1, 0.15) is 10.4 Å². The van der Waals surface area contributed by atoms with Crippen LogP contribution in [0, 0.1) is 0 Å². The first-order chi connectivity index (χ1) is 15.3. The van der Waals surface area contributed by atoms with Gasteiger partial charge in [-0.1, -0.05) is 42.5 Å². The summed E-state index contributed by atoms with van der Waals surface area (Å²) < 4.78 is 32.8. The van der Waals surface area contributed by atoms with E-state index in [0.29, 0.717) is 11.3 Å². The van der Waals surface area contributed by atoms with Crippen molar-refractivity contribution in [2.75, 3.05) is 19.8 Å². The first-order valence-electron chi connectivity index (χ1n) is 9.68. The standard InChI is InChI=1S/C23H22N2O6S/c24-32(28,29)21-12-10-20(11-13-21)30-14-15-31-22(26)16-25-23(27)19-8-6-18(7-9-19)17-4-2-1-3-5-17/h1-13H,14-16H2,(H,25,27)(H2,24,28,29). The molecule has 32 heavy (non-hydrogen) atoms. The summed E-state index contributed by atoms with van der Waals surface area (Å²) in [6.07, 6.45) is 0. The minimum Gasteiger partial charge on any atom is -0.490 e. The van der Waals surface area contributed by atoms with E-state index in [0.717, 1.165) is 11.1 Å². The highest BCUT2D eigenvalue weighted by Gasteiger charge is 2.10. The Morgan fingerprint density at radius 1 is 0.812 bits per heavy atom. The van der Waals surface area contributed by atoms with E-state index in [2.05, 4.69) is 5.32 Å². The predicted molar refractivity (Wildman–Crippen MR) is 118 cm³/mol. The molecule has 0 aliphatic carbocycles. The zero-order chi connectivity index (χ0) is 23.0. The lowest BCUT2D eigenvalue weighted by Crippen LogP contribution is -2.31. The van der Waals surface area contributed by atoms with Crippen LogP contribution < -0.4 is 15.2 Å². The van der Waals surface area contributed by atoms with Crippen LogP contribution >= 0.6 is 0 Å². The fraction of sp³-hybridized carbons (Fsp3) is 0.130. The third-order valence-electron chi connectivity index (χ3n) is 4.41. The Bertz CT molecular complexity index is 1160. The van der Waals surface area contributed by atoms with Crippen molar-refractivity contribution in [1.29, 1.82) is 0 Å². The number of primary sulfonamides is 1. The molecule has 0 aliphatic heterocycles. The Labute approximate surface area is 186 Å². The molecule has 8 nitrogen and oxygen atoms in total. The fourth-order valence-electron chi connectivity index (χ4n) is 2.79. The largest absolute Gasteiger partial charge is 0.490 e. The number of nitrogens with two attached hydrogens (primary N) is 1. The Balaban J connectivity index is 1.38. The van der Waals surface area contributed by atoms with E-state index in [4.69, 9.17) is 14.6 Å². The normalized spacial score (nSPS) is 10.9. The monoisotopic (exact) mass is 454 g/mol. The van der Waals surface area contributed by atoms with Gasteiger partial charge >= 0.3 is 5.97 Å². The van der Waals surface area contributed by atoms with Crippen molar-refractivity contribution in [2.24, 2.45) is 5.14 Å².